The number of piperazine rings is 1. The third-order valence-corrected chi connectivity index (χ3v) is 6.36. The molecule has 1 aromatic carbocycles. The van der Waals surface area contributed by atoms with Crippen LogP contribution in [0, 0.1) is 5.92 Å². The second-order valence-corrected chi connectivity index (χ2v) is 8.27. The van der Waals surface area contributed by atoms with Crippen LogP contribution in [0.5, 0.6) is 11.5 Å². The molecule has 7 nitrogen and oxygen atoms in total. The number of rotatable bonds is 7. The van der Waals surface area contributed by atoms with E-state index >= 15 is 0 Å². The van der Waals surface area contributed by atoms with E-state index in [-0.39, 0.29) is 0 Å². The molecule has 0 radical (unpaired) electrons. The lowest BCUT2D eigenvalue weighted by Gasteiger charge is -2.37. The van der Waals surface area contributed by atoms with Crippen LogP contribution in [-0.4, -0.2) is 94.3 Å². The minimum absolute atomic E-state index is 0.720. The second kappa shape index (κ2) is 11.4. The molecule has 0 saturated carbocycles. The molecule has 1 aromatic rings. The molecular formula is C23H39N5O2. The molecule has 1 N–H and O–H groups in total. The van der Waals surface area contributed by atoms with Crippen molar-refractivity contribution in [3.63, 3.8) is 0 Å². The van der Waals surface area contributed by atoms with Crippen LogP contribution < -0.4 is 14.8 Å². The second-order valence-electron chi connectivity index (χ2n) is 8.27. The van der Waals surface area contributed by atoms with E-state index in [4.69, 9.17) is 9.47 Å². The van der Waals surface area contributed by atoms with E-state index in [2.05, 4.69) is 38.0 Å². The number of likely N-dealkylation sites (tertiary alicyclic amines) is 1. The Bertz CT molecular complexity index is 688. The van der Waals surface area contributed by atoms with Gasteiger partial charge < -0.3 is 24.6 Å². The average molecular weight is 418 g/mol. The number of ether oxygens (including phenoxy) is 2. The molecule has 0 amide bonds. The van der Waals surface area contributed by atoms with Crippen LogP contribution >= 0.6 is 0 Å². The number of methoxy groups -OCH3 is 2. The molecule has 0 aliphatic carbocycles. The molecule has 0 bridgehead atoms. The summed E-state index contributed by atoms with van der Waals surface area (Å²) in [5.41, 5.74) is 1.17. The van der Waals surface area contributed by atoms with E-state index in [1.165, 1.54) is 31.5 Å². The summed E-state index contributed by atoms with van der Waals surface area (Å²) in [6.45, 7) is 11.7. The highest BCUT2D eigenvalue weighted by Gasteiger charge is 2.23. The van der Waals surface area contributed by atoms with Gasteiger partial charge in [0.2, 0.25) is 0 Å². The summed E-state index contributed by atoms with van der Waals surface area (Å²) >= 11 is 0. The van der Waals surface area contributed by atoms with Crippen molar-refractivity contribution >= 4 is 5.96 Å². The van der Waals surface area contributed by atoms with Crippen molar-refractivity contribution in [1.29, 1.82) is 0 Å². The van der Waals surface area contributed by atoms with Gasteiger partial charge in [-0.1, -0.05) is 6.92 Å². The molecule has 3 rings (SSSR count). The maximum Gasteiger partial charge on any atom is 0.193 e. The van der Waals surface area contributed by atoms with Gasteiger partial charge in [0.25, 0.3) is 0 Å². The number of hydrogen-bond donors (Lipinski definition) is 1. The summed E-state index contributed by atoms with van der Waals surface area (Å²) in [6.07, 6.45) is 2.63. The Labute approximate surface area is 182 Å². The monoisotopic (exact) mass is 417 g/mol. The van der Waals surface area contributed by atoms with Gasteiger partial charge in [0.05, 0.1) is 14.2 Å². The molecule has 1 atom stereocenters. The SMILES string of the molecule is CCN1CCCC(CNC(=NC)N2CCN(Cc3cc(OC)ccc3OC)CC2)C1. The maximum absolute atomic E-state index is 5.54. The molecule has 168 valence electrons. The number of guanidine groups is 1. The molecule has 2 aliphatic heterocycles. The van der Waals surface area contributed by atoms with Gasteiger partial charge in [-0.15, -0.1) is 0 Å². The Hall–Kier alpha value is -1.99. The average Bonchev–Trinajstić information content (AvgIpc) is 2.80. The van der Waals surface area contributed by atoms with Crippen molar-refractivity contribution in [1.82, 2.24) is 20.0 Å². The summed E-state index contributed by atoms with van der Waals surface area (Å²) in [4.78, 5) is 12.0. The van der Waals surface area contributed by atoms with E-state index in [9.17, 15) is 0 Å². The third kappa shape index (κ3) is 6.01. The van der Waals surface area contributed by atoms with Crippen LogP contribution in [0.15, 0.2) is 23.2 Å². The van der Waals surface area contributed by atoms with Crippen molar-refractivity contribution in [3.05, 3.63) is 23.8 Å². The first kappa shape index (κ1) is 22.7. The van der Waals surface area contributed by atoms with Gasteiger partial charge in [-0.3, -0.25) is 9.89 Å². The molecule has 0 aromatic heterocycles. The number of nitrogens with zero attached hydrogens (tertiary/aromatic N) is 4. The third-order valence-electron chi connectivity index (χ3n) is 6.36. The van der Waals surface area contributed by atoms with Crippen molar-refractivity contribution in [2.75, 3.05) is 73.6 Å². The van der Waals surface area contributed by atoms with Gasteiger partial charge in [0, 0.05) is 58.4 Å². The lowest BCUT2D eigenvalue weighted by molar-refractivity contribution is 0.166. The van der Waals surface area contributed by atoms with Crippen LogP contribution in [0.4, 0.5) is 0 Å². The van der Waals surface area contributed by atoms with Gasteiger partial charge >= 0.3 is 0 Å². The van der Waals surface area contributed by atoms with Crippen LogP contribution in [0.25, 0.3) is 0 Å². The molecule has 2 heterocycles. The smallest absolute Gasteiger partial charge is 0.193 e. The molecule has 30 heavy (non-hydrogen) atoms. The minimum Gasteiger partial charge on any atom is -0.497 e. The van der Waals surface area contributed by atoms with E-state index in [0.29, 0.717) is 0 Å². The zero-order valence-electron chi connectivity index (χ0n) is 19.2. The highest BCUT2D eigenvalue weighted by Crippen LogP contribution is 2.25. The lowest BCUT2D eigenvalue weighted by Crippen LogP contribution is -2.53. The normalized spacial score (nSPS) is 21.5. The van der Waals surface area contributed by atoms with E-state index in [1.807, 2.05) is 19.2 Å². The molecule has 0 spiro atoms. The van der Waals surface area contributed by atoms with Crippen molar-refractivity contribution < 1.29 is 9.47 Å². The summed E-state index contributed by atoms with van der Waals surface area (Å²) in [5, 5.41) is 3.65. The standard InChI is InChI=1S/C23H39N5O2/c1-5-26-10-6-7-19(17-26)16-25-23(24-2)28-13-11-27(12-14-28)18-20-15-21(29-3)8-9-22(20)30-4/h8-9,15,19H,5-7,10-14,16-18H2,1-4H3,(H,24,25). The fraction of sp³-hybridized carbons (Fsp3) is 0.696. The Morgan fingerprint density at radius 3 is 2.57 bits per heavy atom. The van der Waals surface area contributed by atoms with E-state index in [0.717, 1.165) is 69.2 Å². The number of benzene rings is 1. The Kier molecular flexibility index (Phi) is 8.63. The topological polar surface area (TPSA) is 52.6 Å². The van der Waals surface area contributed by atoms with Gasteiger partial charge in [0.15, 0.2) is 5.96 Å². The Morgan fingerprint density at radius 1 is 1.10 bits per heavy atom. The lowest BCUT2D eigenvalue weighted by atomic mass is 9.98. The fourth-order valence-electron chi connectivity index (χ4n) is 4.54. The summed E-state index contributed by atoms with van der Waals surface area (Å²) in [5.74, 6) is 3.56. The minimum atomic E-state index is 0.720. The largest absolute Gasteiger partial charge is 0.497 e. The first-order valence-electron chi connectivity index (χ1n) is 11.3. The number of piperidine rings is 1. The summed E-state index contributed by atoms with van der Waals surface area (Å²) in [6, 6.07) is 6.01. The predicted octanol–water partition coefficient (Wildman–Crippen LogP) is 2.13. The number of hydrogen-bond acceptors (Lipinski definition) is 5. The highest BCUT2D eigenvalue weighted by atomic mass is 16.5. The Morgan fingerprint density at radius 2 is 1.90 bits per heavy atom. The highest BCUT2D eigenvalue weighted by molar-refractivity contribution is 5.80. The van der Waals surface area contributed by atoms with Crippen LogP contribution in [0.1, 0.15) is 25.3 Å². The first-order chi connectivity index (χ1) is 14.7. The van der Waals surface area contributed by atoms with E-state index in [1.54, 1.807) is 14.2 Å². The van der Waals surface area contributed by atoms with Crippen molar-refractivity contribution in [2.45, 2.75) is 26.3 Å². The van der Waals surface area contributed by atoms with Gasteiger partial charge in [0.1, 0.15) is 11.5 Å². The van der Waals surface area contributed by atoms with Crippen molar-refractivity contribution in [3.8, 4) is 11.5 Å². The van der Waals surface area contributed by atoms with E-state index < -0.39 is 0 Å². The molecule has 2 aliphatic rings. The molecule has 2 fully saturated rings. The van der Waals surface area contributed by atoms with Crippen LogP contribution in [0.3, 0.4) is 0 Å². The molecule has 7 heteroatoms. The quantitative estimate of drug-likeness (QED) is 0.542. The van der Waals surface area contributed by atoms with Gasteiger partial charge in [-0.25, -0.2) is 0 Å². The zero-order chi connectivity index (χ0) is 21.3. The van der Waals surface area contributed by atoms with Gasteiger partial charge in [-0.05, 0) is 50.0 Å². The number of aliphatic imine (C=N–C) groups is 1. The zero-order valence-corrected chi connectivity index (χ0v) is 19.2. The van der Waals surface area contributed by atoms with Gasteiger partial charge in [-0.2, -0.15) is 0 Å². The first-order valence-corrected chi connectivity index (χ1v) is 11.3. The van der Waals surface area contributed by atoms with Crippen LogP contribution in [0.2, 0.25) is 0 Å². The maximum atomic E-state index is 5.54. The molecule has 2 saturated heterocycles. The molecular weight excluding hydrogens is 378 g/mol. The summed E-state index contributed by atoms with van der Waals surface area (Å²) in [7, 11) is 5.33. The predicted molar refractivity (Wildman–Crippen MR) is 123 cm³/mol. The summed E-state index contributed by atoms with van der Waals surface area (Å²) < 4.78 is 10.9. The van der Waals surface area contributed by atoms with Crippen molar-refractivity contribution in [2.24, 2.45) is 10.9 Å². The Balaban J connectivity index is 1.48. The molecule has 1 unspecified atom stereocenters. The number of nitrogens with one attached hydrogen (secondary N) is 1. The van der Waals surface area contributed by atoms with Crippen LogP contribution in [-0.2, 0) is 6.54 Å². The fourth-order valence-corrected chi connectivity index (χ4v) is 4.54.